The first-order chi connectivity index (χ1) is 10.6. The minimum absolute atomic E-state index is 0.283. The van der Waals surface area contributed by atoms with E-state index < -0.39 is 0 Å². The van der Waals surface area contributed by atoms with E-state index in [2.05, 4.69) is 13.8 Å². The molecule has 0 saturated carbocycles. The van der Waals surface area contributed by atoms with Crippen LogP contribution in [0.3, 0.4) is 0 Å². The van der Waals surface area contributed by atoms with Crippen molar-refractivity contribution in [2.24, 2.45) is 0 Å². The lowest BCUT2D eigenvalue weighted by atomic mass is 10.0. The number of piperidine rings is 2. The fraction of sp³-hybridized carbons (Fsp3) is 0.889. The Balaban J connectivity index is 1.64. The Kier molecular flexibility index (Phi) is 6.71. The molecule has 0 aromatic carbocycles. The fourth-order valence-corrected chi connectivity index (χ4v) is 3.78. The van der Waals surface area contributed by atoms with Gasteiger partial charge in [0.25, 0.3) is 0 Å². The van der Waals surface area contributed by atoms with Crippen molar-refractivity contribution in [2.45, 2.75) is 90.1 Å². The molecule has 0 aliphatic carbocycles. The first kappa shape index (κ1) is 17.3. The summed E-state index contributed by atoms with van der Waals surface area (Å²) in [5, 5.41) is 0. The highest BCUT2D eigenvalue weighted by Gasteiger charge is 2.24. The number of unbranched alkanes of at least 4 members (excludes halogenated alkanes) is 1. The molecule has 0 N–H and O–H groups in total. The number of likely N-dealkylation sites (tertiary alicyclic amines) is 2. The number of carbonyl (C=O) groups is 2. The molecule has 2 aliphatic heterocycles. The van der Waals surface area contributed by atoms with Crippen molar-refractivity contribution in [1.29, 1.82) is 0 Å². The van der Waals surface area contributed by atoms with E-state index in [-0.39, 0.29) is 11.8 Å². The van der Waals surface area contributed by atoms with Crippen LogP contribution >= 0.6 is 0 Å². The van der Waals surface area contributed by atoms with Gasteiger partial charge in [-0.05, 0) is 65.2 Å². The van der Waals surface area contributed by atoms with E-state index in [4.69, 9.17) is 0 Å². The average molecular weight is 308 g/mol. The van der Waals surface area contributed by atoms with E-state index in [1.807, 2.05) is 9.80 Å². The van der Waals surface area contributed by atoms with Gasteiger partial charge in [-0.3, -0.25) is 9.59 Å². The molecule has 2 rings (SSSR count). The third kappa shape index (κ3) is 4.72. The maximum absolute atomic E-state index is 12.2. The second-order valence-electron chi connectivity index (χ2n) is 7.07. The standard InChI is InChI=1S/C18H32N2O2/c1-15-9-5-7-13-19(15)17(21)11-3-4-12-18(22)20-14-8-6-10-16(20)2/h15-16H,3-14H2,1-2H3/t15-,16+. The molecule has 0 radical (unpaired) electrons. The molecule has 126 valence electrons. The topological polar surface area (TPSA) is 40.6 Å². The van der Waals surface area contributed by atoms with Crippen LogP contribution in [-0.2, 0) is 9.59 Å². The lowest BCUT2D eigenvalue weighted by molar-refractivity contribution is -0.136. The summed E-state index contributed by atoms with van der Waals surface area (Å²) in [7, 11) is 0. The molecule has 2 saturated heterocycles. The van der Waals surface area contributed by atoms with Gasteiger partial charge < -0.3 is 9.80 Å². The first-order valence-corrected chi connectivity index (χ1v) is 9.18. The summed E-state index contributed by atoms with van der Waals surface area (Å²) in [4.78, 5) is 28.6. The molecule has 22 heavy (non-hydrogen) atoms. The number of hydrogen-bond donors (Lipinski definition) is 0. The molecule has 2 heterocycles. The molecule has 0 aromatic rings. The van der Waals surface area contributed by atoms with Crippen molar-refractivity contribution in [3.05, 3.63) is 0 Å². The van der Waals surface area contributed by atoms with Crippen molar-refractivity contribution in [2.75, 3.05) is 13.1 Å². The molecule has 2 amide bonds. The monoisotopic (exact) mass is 308 g/mol. The normalized spacial score (nSPS) is 26.1. The highest BCUT2D eigenvalue weighted by atomic mass is 16.2. The molecule has 2 atom stereocenters. The summed E-state index contributed by atoms with van der Waals surface area (Å²) < 4.78 is 0. The van der Waals surface area contributed by atoms with Crippen molar-refractivity contribution in [3.63, 3.8) is 0 Å². The second-order valence-corrected chi connectivity index (χ2v) is 7.07. The Morgan fingerprint density at radius 2 is 1.18 bits per heavy atom. The van der Waals surface area contributed by atoms with Crippen LogP contribution in [0, 0.1) is 0 Å². The third-order valence-corrected chi connectivity index (χ3v) is 5.28. The van der Waals surface area contributed by atoms with Gasteiger partial charge in [0.15, 0.2) is 0 Å². The van der Waals surface area contributed by atoms with E-state index in [1.54, 1.807) is 0 Å². The quantitative estimate of drug-likeness (QED) is 0.731. The molecular weight excluding hydrogens is 276 g/mol. The van der Waals surface area contributed by atoms with Crippen LogP contribution in [0.5, 0.6) is 0 Å². The third-order valence-electron chi connectivity index (χ3n) is 5.28. The average Bonchev–Trinajstić information content (AvgIpc) is 2.52. The Labute approximate surface area is 135 Å². The van der Waals surface area contributed by atoms with E-state index in [0.29, 0.717) is 24.9 Å². The van der Waals surface area contributed by atoms with Crippen LogP contribution in [0.2, 0.25) is 0 Å². The molecule has 0 bridgehead atoms. The molecule has 0 unspecified atom stereocenters. The molecule has 2 fully saturated rings. The fourth-order valence-electron chi connectivity index (χ4n) is 3.78. The maximum atomic E-state index is 12.2. The largest absolute Gasteiger partial charge is 0.340 e. The van der Waals surface area contributed by atoms with E-state index >= 15 is 0 Å². The zero-order valence-corrected chi connectivity index (χ0v) is 14.4. The summed E-state index contributed by atoms with van der Waals surface area (Å²) in [6.07, 6.45) is 9.93. The summed E-state index contributed by atoms with van der Waals surface area (Å²) in [5.41, 5.74) is 0. The summed E-state index contributed by atoms with van der Waals surface area (Å²) >= 11 is 0. The van der Waals surface area contributed by atoms with Gasteiger partial charge in [-0.1, -0.05) is 0 Å². The van der Waals surface area contributed by atoms with Crippen LogP contribution < -0.4 is 0 Å². The second kappa shape index (κ2) is 8.54. The highest BCUT2D eigenvalue weighted by Crippen LogP contribution is 2.20. The van der Waals surface area contributed by atoms with Crippen LogP contribution in [0.1, 0.15) is 78.1 Å². The SMILES string of the molecule is C[C@@H]1CCCCN1C(=O)CCCCC(=O)N1CCCC[C@@H]1C. The lowest BCUT2D eigenvalue weighted by Gasteiger charge is -2.34. The molecular formula is C18H32N2O2. The molecule has 0 aromatic heterocycles. The number of carbonyl (C=O) groups excluding carboxylic acids is 2. The van der Waals surface area contributed by atoms with Crippen LogP contribution in [0.4, 0.5) is 0 Å². The summed E-state index contributed by atoms with van der Waals surface area (Å²) in [5.74, 6) is 0.567. The number of nitrogens with zero attached hydrogens (tertiary/aromatic N) is 2. The van der Waals surface area contributed by atoms with E-state index in [0.717, 1.165) is 51.6 Å². The maximum Gasteiger partial charge on any atom is 0.222 e. The van der Waals surface area contributed by atoms with Crippen LogP contribution in [0.25, 0.3) is 0 Å². The van der Waals surface area contributed by atoms with Gasteiger partial charge in [0.2, 0.25) is 11.8 Å². The summed E-state index contributed by atoms with van der Waals surface area (Å²) in [6, 6.07) is 0.800. The zero-order chi connectivity index (χ0) is 15.9. The lowest BCUT2D eigenvalue weighted by Crippen LogP contribution is -2.42. The zero-order valence-electron chi connectivity index (χ0n) is 14.4. The smallest absolute Gasteiger partial charge is 0.222 e. The summed E-state index contributed by atoms with van der Waals surface area (Å²) in [6.45, 7) is 6.14. The van der Waals surface area contributed by atoms with Gasteiger partial charge in [-0.15, -0.1) is 0 Å². The predicted octanol–water partition coefficient (Wildman–Crippen LogP) is 3.35. The Bertz CT molecular complexity index is 347. The minimum atomic E-state index is 0.283. The molecule has 4 nitrogen and oxygen atoms in total. The van der Waals surface area contributed by atoms with E-state index in [9.17, 15) is 9.59 Å². The van der Waals surface area contributed by atoms with Crippen LogP contribution in [0.15, 0.2) is 0 Å². The van der Waals surface area contributed by atoms with Gasteiger partial charge in [0, 0.05) is 38.0 Å². The van der Waals surface area contributed by atoms with Gasteiger partial charge in [-0.2, -0.15) is 0 Å². The minimum Gasteiger partial charge on any atom is -0.340 e. The Morgan fingerprint density at radius 3 is 1.55 bits per heavy atom. The van der Waals surface area contributed by atoms with Crippen molar-refractivity contribution >= 4 is 11.8 Å². The molecule has 4 heteroatoms. The van der Waals surface area contributed by atoms with Crippen molar-refractivity contribution in [1.82, 2.24) is 9.80 Å². The van der Waals surface area contributed by atoms with Crippen molar-refractivity contribution < 1.29 is 9.59 Å². The van der Waals surface area contributed by atoms with Gasteiger partial charge >= 0.3 is 0 Å². The van der Waals surface area contributed by atoms with Crippen LogP contribution in [-0.4, -0.2) is 46.8 Å². The highest BCUT2D eigenvalue weighted by molar-refractivity contribution is 5.77. The van der Waals surface area contributed by atoms with Crippen molar-refractivity contribution in [3.8, 4) is 0 Å². The van der Waals surface area contributed by atoms with E-state index in [1.165, 1.54) is 12.8 Å². The van der Waals surface area contributed by atoms with Gasteiger partial charge in [-0.25, -0.2) is 0 Å². The first-order valence-electron chi connectivity index (χ1n) is 9.18. The number of rotatable bonds is 5. The van der Waals surface area contributed by atoms with Gasteiger partial charge in [0.05, 0.1) is 0 Å². The number of amides is 2. The number of hydrogen-bond acceptors (Lipinski definition) is 2. The molecule has 0 spiro atoms. The Hall–Kier alpha value is -1.06. The van der Waals surface area contributed by atoms with Gasteiger partial charge in [0.1, 0.15) is 0 Å². The predicted molar refractivity (Wildman–Crippen MR) is 88.5 cm³/mol. The Morgan fingerprint density at radius 1 is 0.773 bits per heavy atom. The molecule has 2 aliphatic rings.